The number of allylic oxidation sites excluding steroid dienone is 4. The number of aliphatic hydroxyl groups excluding tert-OH is 1. The minimum atomic E-state index is -1.78. The molecule has 0 radical (unpaired) electrons. The highest BCUT2D eigenvalue weighted by atomic mass is 19.1. The molecule has 3 fully saturated rings. The number of carbonyl (C=O) groups excluding carboxylic acids is 3. The van der Waals surface area contributed by atoms with Crippen molar-refractivity contribution in [2.45, 2.75) is 64.8 Å². The van der Waals surface area contributed by atoms with Crippen molar-refractivity contribution in [2.24, 2.45) is 34.5 Å². The second-order valence-corrected chi connectivity index (χ2v) is 10.4. The fourth-order valence-electron chi connectivity index (χ4n) is 7.54. The van der Waals surface area contributed by atoms with Crippen LogP contribution in [0.1, 0.15) is 47.0 Å². The largest absolute Gasteiger partial charge is 0.458 e. The highest BCUT2D eigenvalue weighted by Crippen LogP contribution is 2.68. The lowest BCUT2D eigenvalue weighted by Crippen LogP contribution is -2.63. The predicted molar refractivity (Wildman–Crippen MR) is 109 cm³/mol. The second-order valence-electron chi connectivity index (χ2n) is 10.4. The van der Waals surface area contributed by atoms with E-state index in [1.807, 2.05) is 6.92 Å². The molecule has 2 N–H and O–H groups in total. The Labute approximate surface area is 181 Å². The summed E-state index contributed by atoms with van der Waals surface area (Å²) in [5.74, 6) is -2.62. The van der Waals surface area contributed by atoms with Gasteiger partial charge in [-0.3, -0.25) is 14.4 Å². The van der Waals surface area contributed by atoms with Crippen LogP contribution < -0.4 is 0 Å². The molecule has 0 aromatic rings. The van der Waals surface area contributed by atoms with Crippen LogP contribution in [0.5, 0.6) is 0 Å². The summed E-state index contributed by atoms with van der Waals surface area (Å²) in [7, 11) is 0. The van der Waals surface area contributed by atoms with Crippen LogP contribution >= 0.6 is 0 Å². The van der Waals surface area contributed by atoms with Crippen LogP contribution in [0, 0.1) is 34.5 Å². The van der Waals surface area contributed by atoms with Crippen molar-refractivity contribution in [3.63, 3.8) is 0 Å². The van der Waals surface area contributed by atoms with Crippen LogP contribution in [0.2, 0.25) is 0 Å². The van der Waals surface area contributed by atoms with E-state index in [9.17, 15) is 24.6 Å². The maximum absolute atomic E-state index is 15.4. The van der Waals surface area contributed by atoms with Gasteiger partial charge in [0.2, 0.25) is 5.78 Å². The topological polar surface area (TPSA) is 101 Å². The molecule has 0 bridgehead atoms. The zero-order valence-electron chi connectivity index (χ0n) is 18.4. The Balaban J connectivity index is 1.74. The number of carbonyl (C=O) groups is 3. The van der Waals surface area contributed by atoms with E-state index in [1.165, 1.54) is 19.1 Å². The van der Waals surface area contributed by atoms with Crippen LogP contribution in [0.15, 0.2) is 23.8 Å². The molecule has 6 nitrogen and oxygen atoms in total. The smallest absolute Gasteiger partial charge is 0.303 e. The number of alkyl halides is 1. The number of Topliss-reactive ketones (excluding diaryl/α,β-unsaturated/α-hetero) is 1. The van der Waals surface area contributed by atoms with Gasteiger partial charge in [-0.2, -0.15) is 0 Å². The number of hydrogen-bond donors (Lipinski definition) is 2. The minimum absolute atomic E-state index is 0.144. The average Bonchev–Trinajstić information content (AvgIpc) is 2.88. The molecule has 0 spiro atoms. The van der Waals surface area contributed by atoms with Gasteiger partial charge in [0.15, 0.2) is 12.4 Å². The fraction of sp³-hybridized carbons (Fsp3) is 0.708. The molecular weight excluding hydrogens is 403 g/mol. The van der Waals surface area contributed by atoms with Crippen molar-refractivity contribution in [2.75, 3.05) is 6.61 Å². The van der Waals surface area contributed by atoms with E-state index >= 15 is 4.39 Å². The number of aliphatic hydroxyl groups is 2. The molecule has 7 heteroatoms. The molecule has 0 saturated heterocycles. The van der Waals surface area contributed by atoms with Gasteiger partial charge in [0.1, 0.15) is 11.8 Å². The van der Waals surface area contributed by atoms with Gasteiger partial charge in [0.25, 0.3) is 0 Å². The summed E-state index contributed by atoms with van der Waals surface area (Å²) < 4.78 is 20.2. The molecule has 4 rings (SSSR count). The Kier molecular flexibility index (Phi) is 5.10. The highest BCUT2D eigenvalue weighted by molar-refractivity contribution is 6.01. The standard InChI is InChI=1S/C24H31FO6/c1-12-7-16-15-9-18(25)17-8-14(27)5-6-22(17,3)21(15)19(28)10-23(16,4)24(12,30)20(29)11-31-13(2)26/h5-6,8,12,15-16,18-19,21,28,30H,7,9-11H2,1-4H3/t12-,15?,16+,18+,19?,21?,22?,23?,24+/m1/s1. The summed E-state index contributed by atoms with van der Waals surface area (Å²) in [6, 6.07) is 0. The van der Waals surface area contributed by atoms with Crippen molar-refractivity contribution in [1.82, 2.24) is 0 Å². The maximum Gasteiger partial charge on any atom is 0.303 e. The summed E-state index contributed by atoms with van der Waals surface area (Å²) in [6.07, 6.45) is 3.14. The number of hydrogen-bond acceptors (Lipinski definition) is 6. The number of esters is 1. The van der Waals surface area contributed by atoms with Gasteiger partial charge in [-0.1, -0.05) is 26.8 Å². The first-order valence-electron chi connectivity index (χ1n) is 11.0. The molecule has 0 aromatic carbocycles. The van der Waals surface area contributed by atoms with E-state index < -0.39 is 53.0 Å². The quantitative estimate of drug-likeness (QED) is 0.661. The Bertz CT molecular complexity index is 895. The van der Waals surface area contributed by atoms with Crippen LogP contribution in [-0.2, 0) is 19.1 Å². The average molecular weight is 435 g/mol. The number of fused-ring (bicyclic) bond motifs is 5. The van der Waals surface area contributed by atoms with Gasteiger partial charge in [0, 0.05) is 23.7 Å². The lowest BCUT2D eigenvalue weighted by atomic mass is 9.46. The SMILES string of the molecule is CC(=O)OCC(=O)[C@@]1(O)[C@H](C)C[C@H]2C3C[C@H](F)C4=CC(=O)C=CC4(C)C3C(O)CC21C. The third-order valence-corrected chi connectivity index (χ3v) is 8.89. The minimum Gasteiger partial charge on any atom is -0.458 e. The van der Waals surface area contributed by atoms with E-state index in [4.69, 9.17) is 4.74 Å². The molecule has 170 valence electrons. The van der Waals surface area contributed by atoms with Gasteiger partial charge >= 0.3 is 5.97 Å². The Morgan fingerprint density at radius 3 is 2.61 bits per heavy atom. The number of ketones is 2. The molecule has 5 unspecified atom stereocenters. The summed E-state index contributed by atoms with van der Waals surface area (Å²) in [5, 5.41) is 23.0. The summed E-state index contributed by atoms with van der Waals surface area (Å²) >= 11 is 0. The fourth-order valence-corrected chi connectivity index (χ4v) is 7.54. The molecule has 0 heterocycles. The maximum atomic E-state index is 15.4. The van der Waals surface area contributed by atoms with Gasteiger partial charge in [-0.15, -0.1) is 0 Å². The lowest BCUT2D eigenvalue weighted by Gasteiger charge is -2.60. The summed E-state index contributed by atoms with van der Waals surface area (Å²) in [4.78, 5) is 36.2. The van der Waals surface area contributed by atoms with Crippen LogP contribution in [0.3, 0.4) is 0 Å². The molecule has 0 aliphatic heterocycles. The Morgan fingerprint density at radius 1 is 1.29 bits per heavy atom. The highest BCUT2D eigenvalue weighted by Gasteiger charge is 2.71. The molecule has 4 aliphatic rings. The molecular formula is C24H31FO6. The zero-order chi connectivity index (χ0) is 22.9. The molecule has 9 atom stereocenters. The third-order valence-electron chi connectivity index (χ3n) is 8.89. The van der Waals surface area contributed by atoms with Gasteiger partial charge < -0.3 is 14.9 Å². The van der Waals surface area contributed by atoms with Crippen molar-refractivity contribution >= 4 is 17.5 Å². The van der Waals surface area contributed by atoms with Crippen molar-refractivity contribution in [1.29, 1.82) is 0 Å². The van der Waals surface area contributed by atoms with Gasteiger partial charge in [0.05, 0.1) is 6.10 Å². The lowest BCUT2D eigenvalue weighted by molar-refractivity contribution is -0.187. The van der Waals surface area contributed by atoms with E-state index in [1.54, 1.807) is 19.9 Å². The third kappa shape index (κ3) is 2.92. The van der Waals surface area contributed by atoms with Crippen LogP contribution in [0.4, 0.5) is 4.39 Å². The van der Waals surface area contributed by atoms with Crippen molar-refractivity contribution < 1.29 is 33.7 Å². The van der Waals surface area contributed by atoms with E-state index in [-0.39, 0.29) is 36.4 Å². The monoisotopic (exact) mass is 434 g/mol. The Hall–Kier alpha value is -1.86. The molecule has 0 amide bonds. The second kappa shape index (κ2) is 7.07. The first-order valence-corrected chi connectivity index (χ1v) is 11.0. The predicted octanol–water partition coefficient (Wildman–Crippen LogP) is 2.32. The van der Waals surface area contributed by atoms with E-state index in [2.05, 4.69) is 0 Å². The van der Waals surface area contributed by atoms with Crippen LogP contribution in [-0.4, -0.2) is 52.2 Å². The van der Waals surface area contributed by atoms with Crippen LogP contribution in [0.25, 0.3) is 0 Å². The summed E-state index contributed by atoms with van der Waals surface area (Å²) in [6.45, 7) is 6.13. The Morgan fingerprint density at radius 2 is 1.97 bits per heavy atom. The first-order chi connectivity index (χ1) is 14.4. The zero-order valence-corrected chi connectivity index (χ0v) is 18.4. The van der Waals surface area contributed by atoms with Gasteiger partial charge in [-0.05, 0) is 54.7 Å². The summed E-state index contributed by atoms with van der Waals surface area (Å²) in [5.41, 5.74) is -3.13. The number of ether oxygens (including phenoxy) is 1. The number of rotatable bonds is 3. The van der Waals surface area contributed by atoms with Crippen molar-refractivity contribution in [3.05, 3.63) is 23.8 Å². The van der Waals surface area contributed by atoms with Crippen molar-refractivity contribution in [3.8, 4) is 0 Å². The van der Waals surface area contributed by atoms with E-state index in [0.29, 0.717) is 12.0 Å². The molecule has 4 aliphatic carbocycles. The molecule has 31 heavy (non-hydrogen) atoms. The number of halogens is 1. The van der Waals surface area contributed by atoms with Gasteiger partial charge in [-0.25, -0.2) is 4.39 Å². The molecule has 0 aromatic heterocycles. The van der Waals surface area contributed by atoms with E-state index in [0.717, 1.165) is 0 Å². The normalized spacial score (nSPS) is 48.4. The first kappa shape index (κ1) is 22.3. The molecule has 3 saturated carbocycles.